The summed E-state index contributed by atoms with van der Waals surface area (Å²) in [6.07, 6.45) is 1.54. The monoisotopic (exact) mass is 312 g/mol. The molecule has 1 fully saturated rings. The number of halogens is 1. The Morgan fingerprint density at radius 3 is 2.76 bits per heavy atom. The second kappa shape index (κ2) is 5.52. The number of nitro benzene ring substituents is 1. The van der Waals surface area contributed by atoms with Gasteiger partial charge in [-0.15, -0.1) is 0 Å². The van der Waals surface area contributed by atoms with Gasteiger partial charge in [0.2, 0.25) is 0 Å². The molecule has 0 amide bonds. The van der Waals surface area contributed by atoms with Crippen molar-refractivity contribution in [1.29, 1.82) is 0 Å². The minimum atomic E-state index is -0.978. The van der Waals surface area contributed by atoms with Crippen LogP contribution in [0.15, 0.2) is 18.2 Å². The maximum Gasteiger partial charge on any atom is 0.326 e. The zero-order chi connectivity index (χ0) is 15.8. The number of carboxylic acid groups (broad SMARTS) is 1. The molecule has 2 rings (SSSR count). The lowest BCUT2D eigenvalue weighted by Gasteiger charge is -2.44. The molecule has 1 aliphatic heterocycles. The van der Waals surface area contributed by atoms with Gasteiger partial charge in [-0.3, -0.25) is 10.1 Å². The Kier molecular flexibility index (Phi) is 4.09. The van der Waals surface area contributed by atoms with Gasteiger partial charge in [0, 0.05) is 17.6 Å². The lowest BCUT2D eigenvalue weighted by atomic mass is 9.76. The fraction of sp³-hybridized carbons (Fsp3) is 0.500. The standard InChI is InChI=1S/C14H17ClN2O4/c1-14(2)6-3-7-16(12(14)13(18)19)11-8-9(15)4-5-10(11)17(20)21/h4-5,8,12H,3,6-7H2,1-2H3,(H,18,19). The van der Waals surface area contributed by atoms with Gasteiger partial charge >= 0.3 is 5.97 Å². The first-order chi connectivity index (χ1) is 9.74. The minimum absolute atomic E-state index is 0.122. The number of carbonyl (C=O) groups is 1. The Morgan fingerprint density at radius 2 is 2.19 bits per heavy atom. The molecule has 1 aromatic rings. The Hall–Kier alpha value is -1.82. The second-order valence-electron chi connectivity index (χ2n) is 5.92. The predicted octanol–water partition coefficient (Wildman–Crippen LogP) is 3.33. The summed E-state index contributed by atoms with van der Waals surface area (Å²) in [5, 5.41) is 21.1. The van der Waals surface area contributed by atoms with Gasteiger partial charge in [0.25, 0.3) is 5.69 Å². The number of aliphatic carboxylic acids is 1. The molecule has 1 N–H and O–H groups in total. The zero-order valence-corrected chi connectivity index (χ0v) is 12.6. The van der Waals surface area contributed by atoms with Crippen molar-refractivity contribution in [3.8, 4) is 0 Å². The van der Waals surface area contributed by atoms with Crippen LogP contribution in [0, 0.1) is 15.5 Å². The van der Waals surface area contributed by atoms with Gasteiger partial charge in [-0.05, 0) is 30.4 Å². The van der Waals surface area contributed by atoms with Gasteiger partial charge < -0.3 is 10.0 Å². The van der Waals surface area contributed by atoms with Crippen LogP contribution in [-0.4, -0.2) is 28.6 Å². The Morgan fingerprint density at radius 1 is 1.52 bits per heavy atom. The molecule has 6 nitrogen and oxygen atoms in total. The summed E-state index contributed by atoms with van der Waals surface area (Å²) in [7, 11) is 0. The summed E-state index contributed by atoms with van der Waals surface area (Å²) in [5.41, 5.74) is -0.323. The van der Waals surface area contributed by atoms with E-state index in [1.54, 1.807) is 4.90 Å². The van der Waals surface area contributed by atoms with Gasteiger partial charge in [-0.2, -0.15) is 0 Å². The van der Waals surface area contributed by atoms with Gasteiger partial charge in [0.1, 0.15) is 11.7 Å². The molecule has 7 heteroatoms. The fourth-order valence-corrected chi connectivity index (χ4v) is 3.17. The molecule has 0 spiro atoms. The van der Waals surface area contributed by atoms with Crippen LogP contribution in [0.2, 0.25) is 5.02 Å². The molecular formula is C14H17ClN2O4. The Labute approximate surface area is 127 Å². The molecule has 0 saturated carbocycles. The highest BCUT2D eigenvalue weighted by Crippen LogP contribution is 2.41. The summed E-state index contributed by atoms with van der Waals surface area (Å²) in [6, 6.07) is 3.41. The molecular weight excluding hydrogens is 296 g/mol. The molecule has 1 aromatic carbocycles. The van der Waals surface area contributed by atoms with E-state index in [-0.39, 0.29) is 11.4 Å². The quantitative estimate of drug-likeness (QED) is 0.683. The molecule has 1 saturated heterocycles. The molecule has 0 radical (unpaired) electrons. The van der Waals surface area contributed by atoms with Crippen LogP contribution in [0.3, 0.4) is 0 Å². The summed E-state index contributed by atoms with van der Waals surface area (Å²) < 4.78 is 0. The van der Waals surface area contributed by atoms with Crippen LogP contribution >= 0.6 is 11.6 Å². The van der Waals surface area contributed by atoms with Crippen molar-refractivity contribution in [2.45, 2.75) is 32.7 Å². The number of benzene rings is 1. The van der Waals surface area contributed by atoms with E-state index in [2.05, 4.69) is 0 Å². The highest BCUT2D eigenvalue weighted by Gasteiger charge is 2.44. The van der Waals surface area contributed by atoms with Crippen molar-refractivity contribution in [2.24, 2.45) is 5.41 Å². The molecule has 0 aromatic heterocycles. The summed E-state index contributed by atoms with van der Waals surface area (Å²) in [6.45, 7) is 4.20. The first kappa shape index (κ1) is 15.6. The van der Waals surface area contributed by atoms with Crippen molar-refractivity contribution in [1.82, 2.24) is 0 Å². The molecule has 1 aliphatic rings. The predicted molar refractivity (Wildman–Crippen MR) is 79.9 cm³/mol. The van der Waals surface area contributed by atoms with Gasteiger partial charge in [-0.1, -0.05) is 25.4 Å². The number of hydrogen-bond donors (Lipinski definition) is 1. The van der Waals surface area contributed by atoms with Crippen LogP contribution in [0.4, 0.5) is 11.4 Å². The lowest BCUT2D eigenvalue weighted by Crippen LogP contribution is -2.54. The molecule has 1 unspecified atom stereocenters. The molecule has 0 bridgehead atoms. The van der Waals surface area contributed by atoms with Crippen LogP contribution in [0.25, 0.3) is 0 Å². The third-order valence-corrected chi connectivity index (χ3v) is 4.18. The van der Waals surface area contributed by atoms with E-state index in [4.69, 9.17) is 11.6 Å². The average molecular weight is 313 g/mol. The first-order valence-electron chi connectivity index (χ1n) is 6.67. The van der Waals surface area contributed by atoms with Crippen molar-refractivity contribution in [3.05, 3.63) is 33.3 Å². The molecule has 1 atom stereocenters. The van der Waals surface area contributed by atoms with Crippen LogP contribution in [-0.2, 0) is 4.79 Å². The third kappa shape index (κ3) is 2.95. The Balaban J connectivity index is 2.55. The van der Waals surface area contributed by atoms with E-state index in [1.165, 1.54) is 18.2 Å². The lowest BCUT2D eigenvalue weighted by molar-refractivity contribution is -0.384. The van der Waals surface area contributed by atoms with E-state index in [0.29, 0.717) is 11.6 Å². The summed E-state index contributed by atoms with van der Waals surface area (Å²) in [4.78, 5) is 24.0. The van der Waals surface area contributed by atoms with Crippen molar-refractivity contribution in [2.75, 3.05) is 11.4 Å². The SMILES string of the molecule is CC1(C)CCCN(c2cc(Cl)ccc2[N+](=O)[O-])C1C(=O)O. The van der Waals surface area contributed by atoms with Crippen molar-refractivity contribution < 1.29 is 14.8 Å². The van der Waals surface area contributed by atoms with Gasteiger partial charge in [0.15, 0.2) is 0 Å². The van der Waals surface area contributed by atoms with E-state index in [1.807, 2.05) is 13.8 Å². The number of hydrogen-bond acceptors (Lipinski definition) is 4. The van der Waals surface area contributed by atoms with E-state index >= 15 is 0 Å². The highest BCUT2D eigenvalue weighted by molar-refractivity contribution is 6.31. The number of rotatable bonds is 3. The van der Waals surface area contributed by atoms with E-state index in [9.17, 15) is 20.0 Å². The number of carboxylic acids is 1. The number of nitrogens with zero attached hydrogens (tertiary/aromatic N) is 2. The highest BCUT2D eigenvalue weighted by atomic mass is 35.5. The Bertz CT molecular complexity index is 588. The topological polar surface area (TPSA) is 83.7 Å². The summed E-state index contributed by atoms with van der Waals surface area (Å²) >= 11 is 5.94. The number of nitro groups is 1. The number of piperidine rings is 1. The normalized spacial score (nSPS) is 21.1. The van der Waals surface area contributed by atoms with Crippen LogP contribution in [0.1, 0.15) is 26.7 Å². The van der Waals surface area contributed by atoms with Crippen LogP contribution < -0.4 is 4.90 Å². The zero-order valence-electron chi connectivity index (χ0n) is 11.9. The van der Waals surface area contributed by atoms with Crippen LogP contribution in [0.5, 0.6) is 0 Å². The van der Waals surface area contributed by atoms with E-state index in [0.717, 1.165) is 12.8 Å². The fourth-order valence-electron chi connectivity index (χ4n) is 3.00. The molecule has 0 aliphatic carbocycles. The maximum atomic E-state index is 11.7. The average Bonchev–Trinajstić information content (AvgIpc) is 2.36. The maximum absolute atomic E-state index is 11.7. The molecule has 1 heterocycles. The number of anilines is 1. The van der Waals surface area contributed by atoms with Crippen molar-refractivity contribution >= 4 is 28.9 Å². The van der Waals surface area contributed by atoms with Gasteiger partial charge in [-0.25, -0.2) is 4.79 Å². The first-order valence-corrected chi connectivity index (χ1v) is 7.05. The second-order valence-corrected chi connectivity index (χ2v) is 6.35. The summed E-state index contributed by atoms with van der Waals surface area (Å²) in [5.74, 6) is -0.978. The van der Waals surface area contributed by atoms with Gasteiger partial charge in [0.05, 0.1) is 4.92 Å². The minimum Gasteiger partial charge on any atom is -0.480 e. The smallest absolute Gasteiger partial charge is 0.326 e. The third-order valence-electron chi connectivity index (χ3n) is 3.95. The largest absolute Gasteiger partial charge is 0.480 e. The molecule has 114 valence electrons. The van der Waals surface area contributed by atoms with E-state index < -0.39 is 22.3 Å². The van der Waals surface area contributed by atoms with Crippen molar-refractivity contribution in [3.63, 3.8) is 0 Å². The molecule has 21 heavy (non-hydrogen) atoms.